The summed E-state index contributed by atoms with van der Waals surface area (Å²) < 4.78 is 38.5. The van der Waals surface area contributed by atoms with Crippen molar-refractivity contribution in [3.05, 3.63) is 71.4 Å². The molecule has 0 unspecified atom stereocenters. The summed E-state index contributed by atoms with van der Waals surface area (Å²) in [6.07, 6.45) is -2.84. The lowest BCUT2D eigenvalue weighted by atomic mass is 10.1. The van der Waals surface area contributed by atoms with Gasteiger partial charge in [-0.2, -0.15) is 13.2 Å². The number of hydrogen-bond acceptors (Lipinski definition) is 4. The summed E-state index contributed by atoms with van der Waals surface area (Å²) in [6.45, 7) is 4.07. The smallest absolute Gasteiger partial charge is 0.365 e. The molecule has 3 rings (SSSR count). The third kappa shape index (κ3) is 4.23. The normalized spacial score (nSPS) is 11.3. The molecule has 0 fully saturated rings. The van der Waals surface area contributed by atoms with E-state index in [9.17, 15) is 18.0 Å². The third-order valence-corrected chi connectivity index (χ3v) is 4.14. The van der Waals surface area contributed by atoms with Crippen molar-refractivity contribution in [3.8, 4) is 0 Å². The molecule has 0 bridgehead atoms. The van der Waals surface area contributed by atoms with Gasteiger partial charge in [0, 0.05) is 28.6 Å². The molecular formula is C19H14ClF3N4O. The van der Waals surface area contributed by atoms with Gasteiger partial charge in [0.05, 0.1) is 5.56 Å². The van der Waals surface area contributed by atoms with Crippen LogP contribution in [0.2, 0.25) is 5.15 Å². The average molecular weight is 407 g/mol. The zero-order valence-electron chi connectivity index (χ0n) is 14.3. The second-order valence-electron chi connectivity index (χ2n) is 5.80. The van der Waals surface area contributed by atoms with Crippen molar-refractivity contribution in [2.75, 3.05) is 17.2 Å². The van der Waals surface area contributed by atoms with Crippen LogP contribution in [0.5, 0.6) is 0 Å². The summed E-state index contributed by atoms with van der Waals surface area (Å²) in [5.74, 6) is -0.0983. The molecule has 28 heavy (non-hydrogen) atoms. The molecule has 1 aromatic heterocycles. The van der Waals surface area contributed by atoms with Crippen LogP contribution in [0.1, 0.15) is 15.9 Å². The number of fused-ring (bicyclic) bond motifs is 1. The molecule has 0 saturated carbocycles. The number of rotatable bonds is 5. The van der Waals surface area contributed by atoms with Gasteiger partial charge in [0.25, 0.3) is 5.91 Å². The molecular weight excluding hydrogens is 393 g/mol. The van der Waals surface area contributed by atoms with E-state index in [1.165, 1.54) is 24.3 Å². The highest BCUT2D eigenvalue weighted by Gasteiger charge is 2.30. The second-order valence-corrected chi connectivity index (χ2v) is 6.16. The summed E-state index contributed by atoms with van der Waals surface area (Å²) >= 11 is 6.09. The Morgan fingerprint density at radius 2 is 1.93 bits per heavy atom. The van der Waals surface area contributed by atoms with Crippen molar-refractivity contribution in [1.29, 1.82) is 0 Å². The summed E-state index contributed by atoms with van der Waals surface area (Å²) in [4.78, 5) is 12.5. The van der Waals surface area contributed by atoms with Gasteiger partial charge in [0.2, 0.25) is 0 Å². The Morgan fingerprint density at radius 1 is 1.14 bits per heavy atom. The Bertz CT molecular complexity index is 1050. The lowest BCUT2D eigenvalue weighted by Gasteiger charge is -2.11. The first-order chi connectivity index (χ1) is 13.3. The molecule has 0 atom stereocenters. The van der Waals surface area contributed by atoms with E-state index in [-0.39, 0.29) is 16.4 Å². The molecule has 5 nitrogen and oxygen atoms in total. The second kappa shape index (κ2) is 7.85. The number of nitrogens with one attached hydrogen (secondary N) is 2. The van der Waals surface area contributed by atoms with Gasteiger partial charge >= 0.3 is 6.18 Å². The van der Waals surface area contributed by atoms with Crippen LogP contribution in [0.4, 0.5) is 24.7 Å². The van der Waals surface area contributed by atoms with E-state index < -0.39 is 17.6 Å². The molecule has 0 radical (unpaired) electrons. The molecule has 9 heteroatoms. The molecule has 0 aliphatic heterocycles. The van der Waals surface area contributed by atoms with E-state index in [1.807, 2.05) is 0 Å². The van der Waals surface area contributed by atoms with E-state index in [0.29, 0.717) is 23.1 Å². The first kappa shape index (κ1) is 19.6. The molecule has 0 spiro atoms. The van der Waals surface area contributed by atoms with Crippen LogP contribution in [0, 0.1) is 0 Å². The minimum absolute atomic E-state index is 0.0345. The number of anilines is 2. The number of alkyl halides is 3. The fourth-order valence-electron chi connectivity index (χ4n) is 2.54. The van der Waals surface area contributed by atoms with Crippen LogP contribution < -0.4 is 10.6 Å². The highest BCUT2D eigenvalue weighted by molar-refractivity contribution is 6.34. The zero-order chi connectivity index (χ0) is 20.3. The maximum absolute atomic E-state index is 12.8. The summed E-state index contributed by atoms with van der Waals surface area (Å²) in [5, 5.41) is 14.5. The van der Waals surface area contributed by atoms with Crippen LogP contribution in [-0.2, 0) is 6.18 Å². The number of carbonyl (C=O) groups is 1. The molecule has 1 heterocycles. The summed E-state index contributed by atoms with van der Waals surface area (Å²) in [6, 6.07) is 9.09. The van der Waals surface area contributed by atoms with Crippen LogP contribution in [-0.4, -0.2) is 22.6 Å². The van der Waals surface area contributed by atoms with E-state index in [2.05, 4.69) is 27.4 Å². The van der Waals surface area contributed by atoms with Gasteiger partial charge in [-0.05, 0) is 36.4 Å². The van der Waals surface area contributed by atoms with Crippen molar-refractivity contribution < 1.29 is 18.0 Å². The van der Waals surface area contributed by atoms with Crippen LogP contribution in [0.3, 0.4) is 0 Å². The van der Waals surface area contributed by atoms with Crippen LogP contribution in [0.15, 0.2) is 55.1 Å². The molecule has 1 amide bonds. The van der Waals surface area contributed by atoms with Gasteiger partial charge in [0.1, 0.15) is 0 Å². The Kier molecular flexibility index (Phi) is 5.51. The Hall–Kier alpha value is -3.13. The van der Waals surface area contributed by atoms with Crippen molar-refractivity contribution in [2.45, 2.75) is 6.18 Å². The maximum atomic E-state index is 12.8. The third-order valence-electron chi connectivity index (χ3n) is 3.86. The van der Waals surface area contributed by atoms with Gasteiger partial charge < -0.3 is 10.6 Å². The lowest BCUT2D eigenvalue weighted by molar-refractivity contribution is -0.137. The predicted molar refractivity (Wildman–Crippen MR) is 103 cm³/mol. The standard InChI is InChI=1S/C19H14ClF3N4O/c1-2-8-24-17-14-7-6-11(9-15(14)16(20)26-27-17)18(28)25-13-5-3-4-12(10-13)19(21,22)23/h2-7,9-10H,1,8H2,(H,24,27)(H,25,28). The number of amides is 1. The van der Waals surface area contributed by atoms with Gasteiger partial charge in [-0.3, -0.25) is 4.79 Å². The fourth-order valence-corrected chi connectivity index (χ4v) is 2.73. The van der Waals surface area contributed by atoms with Crippen LogP contribution >= 0.6 is 11.6 Å². The topological polar surface area (TPSA) is 66.9 Å². The molecule has 2 aromatic carbocycles. The van der Waals surface area contributed by atoms with Gasteiger partial charge in [-0.15, -0.1) is 16.8 Å². The number of hydrogen-bond donors (Lipinski definition) is 2. The predicted octanol–water partition coefficient (Wildman–Crippen LogP) is 5.15. The highest BCUT2D eigenvalue weighted by Crippen LogP contribution is 2.31. The number of halogens is 4. The monoisotopic (exact) mass is 406 g/mol. The summed E-state index contributed by atoms with van der Waals surface area (Å²) in [7, 11) is 0. The lowest BCUT2D eigenvalue weighted by Crippen LogP contribution is -2.13. The molecule has 0 aliphatic carbocycles. The Balaban J connectivity index is 1.90. The van der Waals surface area contributed by atoms with E-state index in [0.717, 1.165) is 12.1 Å². The number of aromatic nitrogens is 2. The fraction of sp³-hybridized carbons (Fsp3) is 0.105. The molecule has 3 aromatic rings. The Morgan fingerprint density at radius 3 is 2.64 bits per heavy atom. The minimum atomic E-state index is -4.50. The largest absolute Gasteiger partial charge is 0.416 e. The summed E-state index contributed by atoms with van der Waals surface area (Å²) in [5.41, 5.74) is -0.596. The van der Waals surface area contributed by atoms with Gasteiger partial charge in [-0.25, -0.2) is 0 Å². The van der Waals surface area contributed by atoms with Gasteiger partial charge in [-0.1, -0.05) is 23.7 Å². The van der Waals surface area contributed by atoms with E-state index in [4.69, 9.17) is 11.6 Å². The number of carbonyl (C=O) groups excluding carboxylic acids is 1. The molecule has 2 N–H and O–H groups in total. The highest BCUT2D eigenvalue weighted by atomic mass is 35.5. The molecule has 0 saturated heterocycles. The van der Waals surface area contributed by atoms with Gasteiger partial charge in [0.15, 0.2) is 11.0 Å². The number of benzene rings is 2. The first-order valence-corrected chi connectivity index (χ1v) is 8.46. The number of nitrogens with zero attached hydrogens (tertiary/aromatic N) is 2. The maximum Gasteiger partial charge on any atom is 0.416 e. The van der Waals surface area contributed by atoms with Crippen LogP contribution in [0.25, 0.3) is 10.8 Å². The van der Waals surface area contributed by atoms with Crippen molar-refractivity contribution in [3.63, 3.8) is 0 Å². The van der Waals surface area contributed by atoms with E-state index in [1.54, 1.807) is 12.1 Å². The van der Waals surface area contributed by atoms with E-state index >= 15 is 0 Å². The average Bonchev–Trinajstić information content (AvgIpc) is 2.67. The zero-order valence-corrected chi connectivity index (χ0v) is 15.1. The SMILES string of the molecule is C=CCNc1nnc(Cl)c2cc(C(=O)Nc3cccc(C(F)(F)F)c3)ccc12. The van der Waals surface area contributed by atoms with Crippen molar-refractivity contribution in [2.24, 2.45) is 0 Å². The Labute approximate surface area is 163 Å². The minimum Gasteiger partial charge on any atom is -0.365 e. The molecule has 144 valence electrons. The van der Waals surface area contributed by atoms with Crippen molar-refractivity contribution >= 4 is 39.8 Å². The quantitative estimate of drug-likeness (QED) is 0.575. The van der Waals surface area contributed by atoms with Crippen molar-refractivity contribution in [1.82, 2.24) is 10.2 Å². The molecule has 0 aliphatic rings. The first-order valence-electron chi connectivity index (χ1n) is 8.09.